The molecule has 0 aliphatic rings. The zero-order chi connectivity index (χ0) is 16.9. The van der Waals surface area contributed by atoms with E-state index in [0.29, 0.717) is 5.56 Å². The molecule has 0 atom stereocenters. The summed E-state index contributed by atoms with van der Waals surface area (Å²) in [6.07, 6.45) is 0. The van der Waals surface area contributed by atoms with Crippen LogP contribution in [0.2, 0.25) is 0 Å². The van der Waals surface area contributed by atoms with Gasteiger partial charge in [0.05, 0.1) is 5.75 Å². The summed E-state index contributed by atoms with van der Waals surface area (Å²) in [4.78, 5) is 11.9. The molecule has 24 heavy (non-hydrogen) atoms. The summed E-state index contributed by atoms with van der Waals surface area (Å²) >= 11 is 3.32. The van der Waals surface area contributed by atoms with E-state index in [9.17, 15) is 9.18 Å². The lowest BCUT2D eigenvalue weighted by molar-refractivity contribution is -0.113. The minimum atomic E-state index is -0.378. The van der Waals surface area contributed by atoms with Crippen LogP contribution in [-0.4, -0.2) is 21.9 Å². The van der Waals surface area contributed by atoms with Crippen LogP contribution in [0.15, 0.2) is 58.2 Å². The number of nitrogens with zero attached hydrogens (tertiary/aromatic N) is 2. The molecule has 0 aliphatic heterocycles. The van der Waals surface area contributed by atoms with Gasteiger partial charge in [-0.05, 0) is 65.1 Å². The molecule has 3 rings (SSSR count). The minimum Gasteiger partial charge on any atom is -0.411 e. The molecule has 2 aromatic carbocycles. The fourth-order valence-corrected chi connectivity index (χ4v) is 2.79. The molecule has 0 aliphatic carbocycles. The largest absolute Gasteiger partial charge is 0.411 e. The third-order valence-corrected chi connectivity index (χ3v) is 4.47. The van der Waals surface area contributed by atoms with Gasteiger partial charge in [0.25, 0.3) is 5.22 Å². The number of amides is 1. The maximum Gasteiger partial charge on any atom is 0.277 e. The summed E-state index contributed by atoms with van der Waals surface area (Å²) in [5.41, 5.74) is 1.23. The zero-order valence-corrected chi connectivity index (χ0v) is 15.2. The number of aromatic nitrogens is 2. The Hall–Kier alpha value is -1.94. The molecule has 8 heteroatoms. The van der Waals surface area contributed by atoms with Crippen molar-refractivity contribution in [2.24, 2.45) is 0 Å². The Labute approximate surface area is 155 Å². The molecule has 5 nitrogen and oxygen atoms in total. The predicted molar refractivity (Wildman–Crippen MR) is 98.2 cm³/mol. The molecule has 3 aromatic rings. The lowest BCUT2D eigenvalue weighted by atomic mass is 10.2. The minimum absolute atomic E-state index is 0.136. The van der Waals surface area contributed by atoms with Gasteiger partial charge < -0.3 is 9.73 Å². The summed E-state index contributed by atoms with van der Waals surface area (Å²) in [5.74, 6) is -0.199. The summed E-state index contributed by atoms with van der Waals surface area (Å²) in [6.45, 7) is 0. The van der Waals surface area contributed by atoms with Gasteiger partial charge >= 0.3 is 0 Å². The predicted octanol–water partition coefficient (Wildman–Crippen LogP) is 4.21. The molecule has 0 bridgehead atoms. The molecule has 0 spiro atoms. The third-order valence-electron chi connectivity index (χ3n) is 2.93. The average molecular weight is 455 g/mol. The van der Waals surface area contributed by atoms with E-state index in [-0.39, 0.29) is 28.6 Å². The molecule has 122 valence electrons. The van der Waals surface area contributed by atoms with Gasteiger partial charge in [0.2, 0.25) is 11.8 Å². The second kappa shape index (κ2) is 7.75. The molecule has 1 amide bonds. The highest BCUT2D eigenvalue weighted by atomic mass is 127. The van der Waals surface area contributed by atoms with E-state index in [2.05, 4.69) is 38.1 Å². The summed E-state index contributed by atoms with van der Waals surface area (Å²) in [6, 6.07) is 13.4. The smallest absolute Gasteiger partial charge is 0.277 e. The Balaban J connectivity index is 1.57. The van der Waals surface area contributed by atoms with Gasteiger partial charge in [0, 0.05) is 14.8 Å². The zero-order valence-electron chi connectivity index (χ0n) is 12.2. The van der Waals surface area contributed by atoms with Crippen LogP contribution >= 0.6 is 34.4 Å². The highest BCUT2D eigenvalue weighted by Crippen LogP contribution is 2.23. The second-order valence-corrected chi connectivity index (χ2v) is 6.90. The Kier molecular flexibility index (Phi) is 5.46. The SMILES string of the molecule is O=C(CSc1nnc(-c2cccc(F)c2)o1)Nc1ccc(I)cc1. The van der Waals surface area contributed by atoms with Crippen molar-refractivity contribution in [2.45, 2.75) is 5.22 Å². The van der Waals surface area contributed by atoms with Gasteiger partial charge in [-0.25, -0.2) is 4.39 Å². The Bertz CT molecular complexity index is 855. The Morgan fingerprint density at radius 2 is 2.00 bits per heavy atom. The van der Waals surface area contributed by atoms with Crippen LogP contribution in [-0.2, 0) is 4.79 Å². The fourth-order valence-electron chi connectivity index (χ4n) is 1.86. The highest BCUT2D eigenvalue weighted by molar-refractivity contribution is 14.1. The topological polar surface area (TPSA) is 68.0 Å². The maximum absolute atomic E-state index is 13.2. The first-order valence-electron chi connectivity index (χ1n) is 6.88. The number of nitrogens with one attached hydrogen (secondary N) is 1. The monoisotopic (exact) mass is 455 g/mol. The van der Waals surface area contributed by atoms with Gasteiger partial charge in [-0.1, -0.05) is 17.8 Å². The van der Waals surface area contributed by atoms with Crippen molar-refractivity contribution in [3.63, 3.8) is 0 Å². The summed E-state index contributed by atoms with van der Waals surface area (Å²) in [7, 11) is 0. The van der Waals surface area contributed by atoms with Crippen molar-refractivity contribution in [1.29, 1.82) is 0 Å². The van der Waals surface area contributed by atoms with E-state index in [1.165, 1.54) is 12.1 Å². The maximum atomic E-state index is 13.2. The molecule has 0 saturated carbocycles. The molecule has 1 N–H and O–H groups in total. The van der Waals surface area contributed by atoms with Crippen molar-refractivity contribution in [1.82, 2.24) is 10.2 Å². The fraction of sp³-hybridized carbons (Fsp3) is 0.0625. The molecule has 0 fully saturated rings. The van der Waals surface area contributed by atoms with E-state index >= 15 is 0 Å². The number of thioether (sulfide) groups is 1. The lowest BCUT2D eigenvalue weighted by Gasteiger charge is -2.03. The van der Waals surface area contributed by atoms with Crippen molar-refractivity contribution >= 4 is 45.9 Å². The van der Waals surface area contributed by atoms with E-state index in [4.69, 9.17) is 4.42 Å². The first-order chi connectivity index (χ1) is 11.6. The van der Waals surface area contributed by atoms with Crippen LogP contribution in [0.1, 0.15) is 0 Å². The molecule has 1 aromatic heterocycles. The Morgan fingerprint density at radius 1 is 1.21 bits per heavy atom. The molecule has 0 radical (unpaired) electrons. The first kappa shape index (κ1) is 16.9. The van der Waals surface area contributed by atoms with E-state index in [0.717, 1.165) is 21.0 Å². The van der Waals surface area contributed by atoms with E-state index in [1.54, 1.807) is 12.1 Å². The number of halogens is 2. The number of carbonyl (C=O) groups excluding carboxylic acids is 1. The van der Waals surface area contributed by atoms with Crippen molar-refractivity contribution in [3.8, 4) is 11.5 Å². The number of hydrogen-bond donors (Lipinski definition) is 1. The van der Waals surface area contributed by atoms with Crippen molar-refractivity contribution < 1.29 is 13.6 Å². The Morgan fingerprint density at radius 3 is 2.75 bits per heavy atom. The molecular weight excluding hydrogens is 444 g/mol. The van der Waals surface area contributed by atoms with Gasteiger partial charge in [-0.15, -0.1) is 10.2 Å². The van der Waals surface area contributed by atoms with Crippen LogP contribution in [0.3, 0.4) is 0 Å². The molecule has 0 unspecified atom stereocenters. The number of hydrogen-bond acceptors (Lipinski definition) is 5. The highest BCUT2D eigenvalue weighted by Gasteiger charge is 2.12. The van der Waals surface area contributed by atoms with Crippen LogP contribution in [0.25, 0.3) is 11.5 Å². The van der Waals surface area contributed by atoms with Gasteiger partial charge in [0.15, 0.2) is 0 Å². The van der Waals surface area contributed by atoms with Crippen LogP contribution in [0.5, 0.6) is 0 Å². The molecule has 1 heterocycles. The van der Waals surface area contributed by atoms with Crippen molar-refractivity contribution in [3.05, 3.63) is 57.9 Å². The number of rotatable bonds is 5. The number of carbonyl (C=O) groups is 1. The van der Waals surface area contributed by atoms with Crippen LogP contribution in [0, 0.1) is 9.39 Å². The van der Waals surface area contributed by atoms with E-state index in [1.807, 2.05) is 24.3 Å². The number of benzene rings is 2. The van der Waals surface area contributed by atoms with Crippen LogP contribution in [0.4, 0.5) is 10.1 Å². The van der Waals surface area contributed by atoms with Gasteiger partial charge in [0.1, 0.15) is 5.82 Å². The molecular formula is C16H11FIN3O2S. The normalized spacial score (nSPS) is 10.6. The quantitative estimate of drug-likeness (QED) is 0.461. The van der Waals surface area contributed by atoms with Crippen molar-refractivity contribution in [2.75, 3.05) is 11.1 Å². The first-order valence-corrected chi connectivity index (χ1v) is 8.94. The van der Waals surface area contributed by atoms with Crippen LogP contribution < -0.4 is 5.32 Å². The standard InChI is InChI=1S/C16H11FIN3O2S/c17-11-3-1-2-10(8-11)15-20-21-16(23-15)24-9-14(22)19-13-6-4-12(18)5-7-13/h1-8H,9H2,(H,19,22). The third kappa shape index (κ3) is 4.54. The van der Waals surface area contributed by atoms with Gasteiger partial charge in [-0.3, -0.25) is 4.79 Å². The number of anilines is 1. The lowest BCUT2D eigenvalue weighted by Crippen LogP contribution is -2.13. The average Bonchev–Trinajstić information content (AvgIpc) is 3.04. The second-order valence-electron chi connectivity index (χ2n) is 4.73. The van der Waals surface area contributed by atoms with Gasteiger partial charge in [-0.2, -0.15) is 0 Å². The summed E-state index contributed by atoms with van der Waals surface area (Å²) < 4.78 is 19.7. The summed E-state index contributed by atoms with van der Waals surface area (Å²) in [5, 5.41) is 10.8. The van der Waals surface area contributed by atoms with E-state index < -0.39 is 0 Å². The molecule has 0 saturated heterocycles.